The maximum Gasteiger partial charge on any atom is 0.277 e. The minimum Gasteiger partial charge on any atom is -0.484 e. The summed E-state index contributed by atoms with van der Waals surface area (Å²) in [4.78, 5) is 0. The maximum absolute atomic E-state index is 5.81. The van der Waals surface area contributed by atoms with E-state index in [9.17, 15) is 0 Å². The van der Waals surface area contributed by atoms with Crippen molar-refractivity contribution in [3.63, 3.8) is 0 Å². The van der Waals surface area contributed by atoms with Crippen LogP contribution in [0.3, 0.4) is 0 Å². The highest BCUT2D eigenvalue weighted by Gasteiger charge is 2.10. The molecule has 0 aliphatic carbocycles. The van der Waals surface area contributed by atoms with Gasteiger partial charge in [0.1, 0.15) is 5.75 Å². The lowest BCUT2D eigenvalue weighted by atomic mass is 10.1. The molecule has 0 radical (unpaired) electrons. The molecule has 0 spiro atoms. The lowest BCUT2D eigenvalue weighted by Crippen LogP contribution is -1.97. The van der Waals surface area contributed by atoms with Gasteiger partial charge in [-0.25, -0.2) is 0 Å². The standard InChI is InChI=1S/C20H22N2O2S/c1-13-5-7-15(3)17(9-13)12-25-20-22-21-19(24-20)11-23-18-10-14(2)6-8-16(18)4/h5-10H,11-12H2,1-4H3. The average Bonchev–Trinajstić information content (AvgIpc) is 3.04. The summed E-state index contributed by atoms with van der Waals surface area (Å²) in [6.45, 7) is 8.56. The van der Waals surface area contributed by atoms with Crippen LogP contribution in [0.25, 0.3) is 0 Å². The zero-order chi connectivity index (χ0) is 17.8. The van der Waals surface area contributed by atoms with Crippen molar-refractivity contribution in [3.05, 3.63) is 70.1 Å². The number of aryl methyl sites for hydroxylation is 4. The van der Waals surface area contributed by atoms with Gasteiger partial charge in [-0.1, -0.05) is 47.7 Å². The number of nitrogens with zero attached hydrogens (tertiary/aromatic N) is 2. The summed E-state index contributed by atoms with van der Waals surface area (Å²) in [5, 5.41) is 8.74. The van der Waals surface area contributed by atoms with E-state index < -0.39 is 0 Å². The molecule has 0 saturated carbocycles. The fourth-order valence-corrected chi connectivity index (χ4v) is 3.30. The summed E-state index contributed by atoms with van der Waals surface area (Å²) in [5.41, 5.74) is 6.08. The highest BCUT2D eigenvalue weighted by molar-refractivity contribution is 7.98. The highest BCUT2D eigenvalue weighted by atomic mass is 32.2. The number of hydrogen-bond donors (Lipinski definition) is 0. The molecule has 1 aromatic heterocycles. The van der Waals surface area contributed by atoms with Crippen molar-refractivity contribution in [3.8, 4) is 5.75 Å². The first-order valence-electron chi connectivity index (χ1n) is 8.22. The molecule has 0 N–H and O–H groups in total. The Balaban J connectivity index is 1.59. The summed E-state index contributed by atoms with van der Waals surface area (Å²) < 4.78 is 11.5. The first-order chi connectivity index (χ1) is 12.0. The van der Waals surface area contributed by atoms with Gasteiger partial charge in [0.25, 0.3) is 11.1 Å². The van der Waals surface area contributed by atoms with Crippen LogP contribution < -0.4 is 4.74 Å². The monoisotopic (exact) mass is 354 g/mol. The van der Waals surface area contributed by atoms with E-state index in [1.807, 2.05) is 26.0 Å². The molecule has 0 amide bonds. The Hall–Kier alpha value is -2.27. The summed E-state index contributed by atoms with van der Waals surface area (Å²) in [6, 6.07) is 12.6. The minimum atomic E-state index is 0.279. The van der Waals surface area contributed by atoms with Crippen molar-refractivity contribution >= 4 is 11.8 Å². The smallest absolute Gasteiger partial charge is 0.277 e. The summed E-state index contributed by atoms with van der Waals surface area (Å²) in [5.74, 6) is 2.15. The summed E-state index contributed by atoms with van der Waals surface area (Å²) >= 11 is 1.55. The van der Waals surface area contributed by atoms with E-state index in [0.717, 1.165) is 22.6 Å². The summed E-state index contributed by atoms with van der Waals surface area (Å²) in [7, 11) is 0. The normalized spacial score (nSPS) is 10.9. The van der Waals surface area contributed by atoms with Gasteiger partial charge in [0.05, 0.1) is 0 Å². The maximum atomic E-state index is 5.81. The molecule has 0 fully saturated rings. The van der Waals surface area contributed by atoms with Crippen LogP contribution in [-0.4, -0.2) is 10.2 Å². The molecule has 3 rings (SSSR count). The number of benzene rings is 2. The van der Waals surface area contributed by atoms with Gasteiger partial charge in [0.2, 0.25) is 0 Å². The number of ether oxygens (including phenoxy) is 1. The molecule has 0 atom stereocenters. The molecule has 1 heterocycles. The molecule has 5 heteroatoms. The van der Waals surface area contributed by atoms with Crippen molar-refractivity contribution in [1.82, 2.24) is 10.2 Å². The SMILES string of the molecule is Cc1ccc(C)c(CSc2nnc(COc3cc(C)ccc3C)o2)c1. The van der Waals surface area contributed by atoms with Crippen molar-refractivity contribution in [2.24, 2.45) is 0 Å². The number of thioether (sulfide) groups is 1. The van der Waals surface area contributed by atoms with Crippen LogP contribution in [-0.2, 0) is 12.4 Å². The molecule has 3 aromatic rings. The molecule has 0 aliphatic rings. The van der Waals surface area contributed by atoms with Crippen LogP contribution >= 0.6 is 11.8 Å². The van der Waals surface area contributed by atoms with E-state index >= 15 is 0 Å². The predicted molar refractivity (Wildman–Crippen MR) is 100 cm³/mol. The third-order valence-electron chi connectivity index (χ3n) is 4.00. The van der Waals surface area contributed by atoms with Crippen LogP contribution in [0.5, 0.6) is 5.75 Å². The number of aromatic nitrogens is 2. The lowest BCUT2D eigenvalue weighted by Gasteiger charge is -2.07. The van der Waals surface area contributed by atoms with Crippen molar-refractivity contribution in [2.45, 2.75) is 45.3 Å². The summed E-state index contributed by atoms with van der Waals surface area (Å²) in [6.07, 6.45) is 0. The lowest BCUT2D eigenvalue weighted by molar-refractivity contribution is 0.250. The number of rotatable bonds is 6. The Morgan fingerprint density at radius 3 is 2.44 bits per heavy atom. The van der Waals surface area contributed by atoms with E-state index in [1.165, 1.54) is 16.7 Å². The van der Waals surface area contributed by atoms with Gasteiger partial charge in [-0.3, -0.25) is 0 Å². The van der Waals surface area contributed by atoms with E-state index in [1.54, 1.807) is 11.8 Å². The Kier molecular flexibility index (Phi) is 5.43. The molecule has 2 aromatic carbocycles. The zero-order valence-corrected chi connectivity index (χ0v) is 15.8. The fourth-order valence-electron chi connectivity index (χ4n) is 2.45. The number of hydrogen-bond acceptors (Lipinski definition) is 5. The minimum absolute atomic E-state index is 0.279. The molecule has 4 nitrogen and oxygen atoms in total. The predicted octanol–water partition coefficient (Wildman–Crippen LogP) is 5.17. The van der Waals surface area contributed by atoms with E-state index in [-0.39, 0.29) is 6.61 Å². The highest BCUT2D eigenvalue weighted by Crippen LogP contribution is 2.25. The Bertz CT molecular complexity index is 804. The first kappa shape index (κ1) is 17.5. The van der Waals surface area contributed by atoms with Gasteiger partial charge >= 0.3 is 0 Å². The van der Waals surface area contributed by atoms with Gasteiger partial charge in [0.15, 0.2) is 6.61 Å². The average molecular weight is 354 g/mol. The fraction of sp³-hybridized carbons (Fsp3) is 0.300. The molecule has 25 heavy (non-hydrogen) atoms. The van der Waals surface area contributed by atoms with Crippen LogP contribution in [0.15, 0.2) is 46.0 Å². The van der Waals surface area contributed by atoms with E-state index in [0.29, 0.717) is 11.1 Å². The first-order valence-corrected chi connectivity index (χ1v) is 9.21. The molecular weight excluding hydrogens is 332 g/mol. The third-order valence-corrected chi connectivity index (χ3v) is 4.87. The van der Waals surface area contributed by atoms with Crippen molar-refractivity contribution < 1.29 is 9.15 Å². The topological polar surface area (TPSA) is 48.2 Å². The van der Waals surface area contributed by atoms with Gasteiger partial charge < -0.3 is 9.15 Å². The third kappa shape index (κ3) is 4.63. The van der Waals surface area contributed by atoms with Gasteiger partial charge in [-0.05, 0) is 56.0 Å². The van der Waals surface area contributed by atoms with E-state index in [4.69, 9.17) is 9.15 Å². The quantitative estimate of drug-likeness (QED) is 0.571. The van der Waals surface area contributed by atoms with Crippen molar-refractivity contribution in [1.29, 1.82) is 0 Å². The second kappa shape index (κ2) is 7.74. The largest absolute Gasteiger partial charge is 0.484 e. The molecular formula is C20H22N2O2S. The Labute approximate surface area is 152 Å². The zero-order valence-electron chi connectivity index (χ0n) is 15.0. The van der Waals surface area contributed by atoms with Crippen LogP contribution in [0.1, 0.15) is 33.7 Å². The van der Waals surface area contributed by atoms with Crippen LogP contribution in [0, 0.1) is 27.7 Å². The van der Waals surface area contributed by atoms with Gasteiger partial charge in [0, 0.05) is 5.75 Å². The second-order valence-corrected chi connectivity index (χ2v) is 7.16. The van der Waals surface area contributed by atoms with Crippen LogP contribution in [0.2, 0.25) is 0 Å². The molecule has 0 unspecified atom stereocenters. The molecule has 130 valence electrons. The van der Waals surface area contributed by atoms with Gasteiger partial charge in [-0.2, -0.15) is 0 Å². The Morgan fingerprint density at radius 1 is 0.920 bits per heavy atom. The van der Waals surface area contributed by atoms with Crippen molar-refractivity contribution in [2.75, 3.05) is 0 Å². The molecule has 0 aliphatic heterocycles. The van der Waals surface area contributed by atoms with Crippen LogP contribution in [0.4, 0.5) is 0 Å². The molecule has 0 bridgehead atoms. The Morgan fingerprint density at radius 2 is 1.64 bits per heavy atom. The van der Waals surface area contributed by atoms with E-state index in [2.05, 4.69) is 48.3 Å². The molecule has 0 saturated heterocycles. The van der Waals surface area contributed by atoms with Gasteiger partial charge in [-0.15, -0.1) is 10.2 Å². The second-order valence-electron chi connectivity index (χ2n) is 6.24.